The molecule has 0 spiro atoms. The van der Waals surface area contributed by atoms with Crippen LogP contribution in [-0.2, 0) is 0 Å². The number of nitrogens with one attached hydrogen (secondary N) is 1. The van der Waals surface area contributed by atoms with Crippen molar-refractivity contribution >= 4 is 5.69 Å². The number of alkyl halides is 2. The maximum atomic E-state index is 12.1. The lowest BCUT2D eigenvalue weighted by Crippen LogP contribution is -2.06. The standard InChI is InChI=1S/C7H8F2N2O/c8-7(9)4-1-5(11-10)3-6(12)2-4/h1-3,7,11-12H,10H2. The molecular formula is C7H8F2N2O. The molecule has 0 amide bonds. The molecular weight excluding hydrogens is 166 g/mol. The molecule has 0 radical (unpaired) electrons. The number of rotatable bonds is 2. The molecule has 0 atom stereocenters. The summed E-state index contributed by atoms with van der Waals surface area (Å²) in [7, 11) is 0. The molecule has 0 saturated carbocycles. The second-order valence-corrected chi connectivity index (χ2v) is 2.26. The summed E-state index contributed by atoms with van der Waals surface area (Å²) >= 11 is 0. The van der Waals surface area contributed by atoms with Crippen molar-refractivity contribution in [1.29, 1.82) is 0 Å². The molecule has 0 aliphatic rings. The van der Waals surface area contributed by atoms with Crippen molar-refractivity contribution < 1.29 is 13.9 Å². The highest BCUT2D eigenvalue weighted by Crippen LogP contribution is 2.26. The first-order chi connectivity index (χ1) is 5.63. The number of phenolic OH excluding ortho intramolecular Hbond substituents is 1. The third-order valence-corrected chi connectivity index (χ3v) is 1.36. The number of nitrogens with two attached hydrogens (primary N) is 1. The Balaban J connectivity index is 3.06. The van der Waals surface area contributed by atoms with E-state index < -0.39 is 6.43 Å². The maximum absolute atomic E-state index is 12.1. The van der Waals surface area contributed by atoms with Gasteiger partial charge in [-0.1, -0.05) is 0 Å². The molecule has 1 rings (SSSR count). The third kappa shape index (κ3) is 1.82. The summed E-state index contributed by atoms with van der Waals surface area (Å²) in [6.45, 7) is 0. The lowest BCUT2D eigenvalue weighted by Gasteiger charge is -2.04. The van der Waals surface area contributed by atoms with Gasteiger partial charge in [0.05, 0.1) is 5.69 Å². The van der Waals surface area contributed by atoms with E-state index in [2.05, 4.69) is 5.43 Å². The number of hydrogen-bond acceptors (Lipinski definition) is 3. The number of hydrazine groups is 1. The SMILES string of the molecule is NNc1cc(O)cc(C(F)F)c1. The van der Waals surface area contributed by atoms with Crippen molar-refractivity contribution in [2.45, 2.75) is 6.43 Å². The second kappa shape index (κ2) is 3.36. The summed E-state index contributed by atoms with van der Waals surface area (Å²) in [5.41, 5.74) is 2.16. The molecule has 0 saturated heterocycles. The fraction of sp³-hybridized carbons (Fsp3) is 0.143. The average Bonchev–Trinajstić information content (AvgIpc) is 2.03. The Morgan fingerprint density at radius 1 is 1.33 bits per heavy atom. The minimum absolute atomic E-state index is 0.235. The molecule has 3 nitrogen and oxygen atoms in total. The van der Waals surface area contributed by atoms with E-state index in [-0.39, 0.29) is 17.0 Å². The van der Waals surface area contributed by atoms with Gasteiger partial charge >= 0.3 is 0 Å². The number of halogens is 2. The van der Waals surface area contributed by atoms with Gasteiger partial charge in [-0.15, -0.1) is 0 Å². The van der Waals surface area contributed by atoms with Crippen LogP contribution in [0.15, 0.2) is 18.2 Å². The van der Waals surface area contributed by atoms with Crippen LogP contribution in [0.4, 0.5) is 14.5 Å². The first kappa shape index (κ1) is 8.73. The van der Waals surface area contributed by atoms with Crippen LogP contribution in [0.3, 0.4) is 0 Å². The van der Waals surface area contributed by atoms with Crippen LogP contribution in [0.1, 0.15) is 12.0 Å². The second-order valence-electron chi connectivity index (χ2n) is 2.26. The number of aromatic hydroxyl groups is 1. The fourth-order valence-electron chi connectivity index (χ4n) is 0.844. The smallest absolute Gasteiger partial charge is 0.264 e. The van der Waals surface area contributed by atoms with Crippen molar-refractivity contribution in [1.82, 2.24) is 0 Å². The van der Waals surface area contributed by atoms with Crippen molar-refractivity contribution in [2.24, 2.45) is 5.84 Å². The highest BCUT2D eigenvalue weighted by Gasteiger charge is 2.08. The number of phenols is 1. The summed E-state index contributed by atoms with van der Waals surface area (Å²) < 4.78 is 24.2. The highest BCUT2D eigenvalue weighted by atomic mass is 19.3. The van der Waals surface area contributed by atoms with Gasteiger partial charge in [0.15, 0.2) is 0 Å². The van der Waals surface area contributed by atoms with Gasteiger partial charge in [0.25, 0.3) is 6.43 Å². The molecule has 0 heterocycles. The molecule has 1 aromatic rings. The van der Waals surface area contributed by atoms with Crippen molar-refractivity contribution in [3.63, 3.8) is 0 Å². The predicted molar refractivity (Wildman–Crippen MR) is 40.9 cm³/mol. The van der Waals surface area contributed by atoms with E-state index in [1.807, 2.05) is 0 Å². The molecule has 0 aromatic heterocycles. The van der Waals surface area contributed by atoms with Gasteiger partial charge in [-0.3, -0.25) is 5.84 Å². The van der Waals surface area contributed by atoms with Gasteiger partial charge in [-0.25, -0.2) is 8.78 Å². The zero-order chi connectivity index (χ0) is 9.14. The van der Waals surface area contributed by atoms with E-state index >= 15 is 0 Å². The van der Waals surface area contributed by atoms with Gasteiger partial charge in [0.1, 0.15) is 5.75 Å². The Labute approximate surface area is 67.8 Å². The number of benzene rings is 1. The van der Waals surface area contributed by atoms with E-state index in [4.69, 9.17) is 10.9 Å². The molecule has 0 unspecified atom stereocenters. The van der Waals surface area contributed by atoms with Gasteiger partial charge in [-0.2, -0.15) is 0 Å². The maximum Gasteiger partial charge on any atom is 0.264 e. The molecule has 5 heteroatoms. The van der Waals surface area contributed by atoms with Crippen LogP contribution in [0.2, 0.25) is 0 Å². The van der Waals surface area contributed by atoms with Crippen LogP contribution >= 0.6 is 0 Å². The van der Waals surface area contributed by atoms with Gasteiger partial charge in [0.2, 0.25) is 0 Å². The summed E-state index contributed by atoms with van der Waals surface area (Å²) in [5.74, 6) is 4.75. The normalized spacial score (nSPS) is 10.3. The lowest BCUT2D eigenvalue weighted by molar-refractivity contribution is 0.151. The number of anilines is 1. The quantitative estimate of drug-likeness (QED) is 0.471. The van der Waals surface area contributed by atoms with Crippen LogP contribution in [0, 0.1) is 0 Å². The van der Waals surface area contributed by atoms with Crippen LogP contribution < -0.4 is 11.3 Å². The third-order valence-electron chi connectivity index (χ3n) is 1.36. The Bertz CT molecular complexity index is 278. The van der Waals surface area contributed by atoms with Gasteiger partial charge < -0.3 is 10.5 Å². The molecule has 0 aliphatic carbocycles. The number of nitrogen functional groups attached to an aromatic ring is 1. The summed E-state index contributed by atoms with van der Waals surface area (Å²) in [6, 6.07) is 3.42. The monoisotopic (exact) mass is 174 g/mol. The van der Waals surface area contributed by atoms with Crippen molar-refractivity contribution in [2.75, 3.05) is 5.43 Å². The largest absolute Gasteiger partial charge is 0.508 e. The van der Waals surface area contributed by atoms with Crippen molar-refractivity contribution in [3.05, 3.63) is 23.8 Å². The minimum atomic E-state index is -2.61. The van der Waals surface area contributed by atoms with Crippen LogP contribution in [0.5, 0.6) is 5.75 Å². The predicted octanol–water partition coefficient (Wildman–Crippen LogP) is 1.62. The minimum Gasteiger partial charge on any atom is -0.508 e. The molecule has 66 valence electrons. The molecule has 4 N–H and O–H groups in total. The van der Waals surface area contributed by atoms with E-state index in [1.165, 1.54) is 12.1 Å². The Morgan fingerprint density at radius 2 is 2.00 bits per heavy atom. The Kier molecular flexibility index (Phi) is 2.44. The Hall–Kier alpha value is -1.36. The summed E-state index contributed by atoms with van der Waals surface area (Å²) in [5, 5.41) is 8.94. The first-order valence-corrected chi connectivity index (χ1v) is 3.22. The van der Waals surface area contributed by atoms with E-state index in [9.17, 15) is 8.78 Å². The van der Waals surface area contributed by atoms with E-state index in [0.29, 0.717) is 0 Å². The Morgan fingerprint density at radius 3 is 2.50 bits per heavy atom. The first-order valence-electron chi connectivity index (χ1n) is 3.22. The molecule has 12 heavy (non-hydrogen) atoms. The van der Waals surface area contributed by atoms with E-state index in [1.54, 1.807) is 0 Å². The van der Waals surface area contributed by atoms with Crippen LogP contribution in [-0.4, -0.2) is 5.11 Å². The summed E-state index contributed by atoms with van der Waals surface area (Å²) in [6.07, 6.45) is -2.61. The molecule has 1 aromatic carbocycles. The topological polar surface area (TPSA) is 58.3 Å². The summed E-state index contributed by atoms with van der Waals surface area (Å²) in [4.78, 5) is 0. The van der Waals surface area contributed by atoms with E-state index in [0.717, 1.165) is 6.07 Å². The zero-order valence-corrected chi connectivity index (χ0v) is 6.09. The van der Waals surface area contributed by atoms with Gasteiger partial charge in [0, 0.05) is 11.6 Å². The van der Waals surface area contributed by atoms with Crippen molar-refractivity contribution in [3.8, 4) is 5.75 Å². The zero-order valence-electron chi connectivity index (χ0n) is 6.09. The van der Waals surface area contributed by atoms with Gasteiger partial charge in [-0.05, 0) is 12.1 Å². The average molecular weight is 174 g/mol. The lowest BCUT2D eigenvalue weighted by atomic mass is 10.2. The molecule has 0 bridgehead atoms. The number of hydrogen-bond donors (Lipinski definition) is 3. The van der Waals surface area contributed by atoms with Crippen LogP contribution in [0.25, 0.3) is 0 Å². The highest BCUT2D eigenvalue weighted by molar-refractivity contribution is 5.50. The molecule has 0 aliphatic heterocycles. The fourth-order valence-corrected chi connectivity index (χ4v) is 0.844. The molecule has 0 fully saturated rings.